The molecule has 0 amide bonds. The molecule has 1 N–H and O–H groups in total. The molecule has 2 heteroatoms. The lowest BCUT2D eigenvalue weighted by molar-refractivity contribution is 0.414. The van der Waals surface area contributed by atoms with Crippen molar-refractivity contribution in [1.82, 2.24) is 5.32 Å². The van der Waals surface area contributed by atoms with Crippen molar-refractivity contribution in [1.29, 1.82) is 0 Å². The lowest BCUT2D eigenvalue weighted by Gasteiger charge is -2.14. The SMILES string of the molecule is CCCC(CCc1ccc(OC)cc1)NC. The lowest BCUT2D eigenvalue weighted by Crippen LogP contribution is -2.25. The van der Waals surface area contributed by atoms with Gasteiger partial charge in [-0.25, -0.2) is 0 Å². The molecule has 0 heterocycles. The van der Waals surface area contributed by atoms with E-state index in [2.05, 4.69) is 24.4 Å². The number of nitrogens with one attached hydrogen (secondary N) is 1. The number of methoxy groups -OCH3 is 1. The maximum Gasteiger partial charge on any atom is 0.118 e. The zero-order valence-corrected chi connectivity index (χ0v) is 10.6. The Kier molecular flexibility index (Phi) is 5.94. The highest BCUT2D eigenvalue weighted by molar-refractivity contribution is 5.27. The van der Waals surface area contributed by atoms with Gasteiger partial charge in [0.2, 0.25) is 0 Å². The molecule has 1 aromatic rings. The maximum atomic E-state index is 5.14. The number of hydrogen-bond donors (Lipinski definition) is 1. The second kappa shape index (κ2) is 7.29. The van der Waals surface area contributed by atoms with Gasteiger partial charge in [-0.1, -0.05) is 25.5 Å². The Balaban J connectivity index is 2.40. The molecule has 0 spiro atoms. The maximum absolute atomic E-state index is 5.14. The predicted molar refractivity (Wildman–Crippen MR) is 69.1 cm³/mol. The normalized spacial score (nSPS) is 12.4. The molecule has 0 radical (unpaired) electrons. The zero-order chi connectivity index (χ0) is 11.8. The van der Waals surface area contributed by atoms with E-state index in [0.717, 1.165) is 12.2 Å². The fraction of sp³-hybridized carbons (Fsp3) is 0.571. The minimum Gasteiger partial charge on any atom is -0.497 e. The van der Waals surface area contributed by atoms with Crippen molar-refractivity contribution in [2.45, 2.75) is 38.6 Å². The van der Waals surface area contributed by atoms with Crippen molar-refractivity contribution in [3.8, 4) is 5.75 Å². The van der Waals surface area contributed by atoms with Crippen LogP contribution >= 0.6 is 0 Å². The fourth-order valence-corrected chi connectivity index (χ4v) is 1.91. The van der Waals surface area contributed by atoms with Crippen LogP contribution in [0.25, 0.3) is 0 Å². The van der Waals surface area contributed by atoms with Crippen molar-refractivity contribution in [2.75, 3.05) is 14.2 Å². The van der Waals surface area contributed by atoms with E-state index in [0.29, 0.717) is 6.04 Å². The summed E-state index contributed by atoms with van der Waals surface area (Å²) in [5.74, 6) is 0.933. The van der Waals surface area contributed by atoms with E-state index in [-0.39, 0.29) is 0 Å². The molecular formula is C14H23NO. The summed E-state index contributed by atoms with van der Waals surface area (Å²) in [7, 11) is 3.75. The third-order valence-electron chi connectivity index (χ3n) is 2.99. The average molecular weight is 221 g/mol. The molecule has 0 aromatic heterocycles. The topological polar surface area (TPSA) is 21.3 Å². The smallest absolute Gasteiger partial charge is 0.118 e. The van der Waals surface area contributed by atoms with Crippen molar-refractivity contribution < 1.29 is 4.74 Å². The van der Waals surface area contributed by atoms with Gasteiger partial charge in [0.15, 0.2) is 0 Å². The Hall–Kier alpha value is -1.02. The molecule has 0 aliphatic heterocycles. The van der Waals surface area contributed by atoms with E-state index in [1.165, 1.54) is 24.8 Å². The van der Waals surface area contributed by atoms with Gasteiger partial charge in [0.25, 0.3) is 0 Å². The van der Waals surface area contributed by atoms with Gasteiger partial charge < -0.3 is 10.1 Å². The first kappa shape index (κ1) is 13.0. The summed E-state index contributed by atoms with van der Waals surface area (Å²) in [6.07, 6.45) is 4.84. The van der Waals surface area contributed by atoms with E-state index in [4.69, 9.17) is 4.74 Å². The number of rotatable bonds is 7. The summed E-state index contributed by atoms with van der Waals surface area (Å²) >= 11 is 0. The van der Waals surface area contributed by atoms with Crippen LogP contribution in [0.2, 0.25) is 0 Å². The summed E-state index contributed by atoms with van der Waals surface area (Å²) in [6.45, 7) is 2.23. The van der Waals surface area contributed by atoms with Gasteiger partial charge >= 0.3 is 0 Å². The summed E-state index contributed by atoms with van der Waals surface area (Å²) in [6, 6.07) is 9.01. The second-order valence-electron chi connectivity index (χ2n) is 4.16. The number of aryl methyl sites for hydroxylation is 1. The molecular weight excluding hydrogens is 198 g/mol. The molecule has 0 aliphatic carbocycles. The van der Waals surface area contributed by atoms with Crippen LogP contribution in [0, 0.1) is 0 Å². The van der Waals surface area contributed by atoms with Crippen LogP contribution in [0.1, 0.15) is 31.7 Å². The first-order valence-corrected chi connectivity index (χ1v) is 6.10. The molecule has 1 atom stereocenters. The molecule has 1 rings (SSSR count). The Morgan fingerprint density at radius 1 is 1.19 bits per heavy atom. The standard InChI is InChI=1S/C14H23NO/c1-4-5-13(15-2)9-6-12-7-10-14(16-3)11-8-12/h7-8,10-11,13,15H,4-6,9H2,1-3H3. The van der Waals surface area contributed by atoms with Gasteiger partial charge in [-0.3, -0.25) is 0 Å². The van der Waals surface area contributed by atoms with Crippen LogP contribution in [-0.2, 0) is 6.42 Å². The molecule has 0 aliphatic rings. The number of benzene rings is 1. The summed E-state index contributed by atoms with van der Waals surface area (Å²) < 4.78 is 5.14. The van der Waals surface area contributed by atoms with Crippen molar-refractivity contribution in [2.24, 2.45) is 0 Å². The summed E-state index contributed by atoms with van der Waals surface area (Å²) in [4.78, 5) is 0. The van der Waals surface area contributed by atoms with Crippen molar-refractivity contribution in [3.05, 3.63) is 29.8 Å². The second-order valence-corrected chi connectivity index (χ2v) is 4.16. The Labute approximate surface area is 99.0 Å². The molecule has 1 unspecified atom stereocenters. The number of ether oxygens (including phenoxy) is 1. The van der Waals surface area contributed by atoms with Crippen LogP contribution in [0.3, 0.4) is 0 Å². The van der Waals surface area contributed by atoms with E-state index < -0.39 is 0 Å². The van der Waals surface area contributed by atoms with Gasteiger partial charge in [0, 0.05) is 6.04 Å². The van der Waals surface area contributed by atoms with Gasteiger partial charge in [0.1, 0.15) is 5.75 Å². The van der Waals surface area contributed by atoms with Crippen molar-refractivity contribution >= 4 is 0 Å². The highest BCUT2D eigenvalue weighted by Gasteiger charge is 2.04. The first-order valence-electron chi connectivity index (χ1n) is 6.10. The van der Waals surface area contributed by atoms with Crippen LogP contribution in [-0.4, -0.2) is 20.2 Å². The average Bonchev–Trinajstić information content (AvgIpc) is 2.35. The highest BCUT2D eigenvalue weighted by Crippen LogP contribution is 2.14. The van der Waals surface area contributed by atoms with E-state index in [1.807, 2.05) is 19.2 Å². The molecule has 0 saturated heterocycles. The molecule has 2 nitrogen and oxygen atoms in total. The summed E-state index contributed by atoms with van der Waals surface area (Å²) in [5.41, 5.74) is 1.39. The van der Waals surface area contributed by atoms with Crippen LogP contribution in [0.4, 0.5) is 0 Å². The molecule has 0 fully saturated rings. The summed E-state index contributed by atoms with van der Waals surface area (Å²) in [5, 5.41) is 3.37. The monoisotopic (exact) mass is 221 g/mol. The largest absolute Gasteiger partial charge is 0.497 e. The van der Waals surface area contributed by atoms with E-state index in [9.17, 15) is 0 Å². The van der Waals surface area contributed by atoms with E-state index >= 15 is 0 Å². The molecule has 1 aromatic carbocycles. The van der Waals surface area contributed by atoms with Gasteiger partial charge in [-0.05, 0) is 44.0 Å². The van der Waals surface area contributed by atoms with Gasteiger partial charge in [0.05, 0.1) is 7.11 Å². The minimum absolute atomic E-state index is 0.645. The third kappa shape index (κ3) is 4.23. The Morgan fingerprint density at radius 2 is 1.88 bits per heavy atom. The van der Waals surface area contributed by atoms with Crippen LogP contribution in [0.15, 0.2) is 24.3 Å². The fourth-order valence-electron chi connectivity index (χ4n) is 1.91. The molecule has 0 bridgehead atoms. The van der Waals surface area contributed by atoms with Crippen LogP contribution < -0.4 is 10.1 Å². The van der Waals surface area contributed by atoms with E-state index in [1.54, 1.807) is 7.11 Å². The molecule has 90 valence electrons. The van der Waals surface area contributed by atoms with Gasteiger partial charge in [-0.15, -0.1) is 0 Å². The molecule has 16 heavy (non-hydrogen) atoms. The third-order valence-corrected chi connectivity index (χ3v) is 2.99. The lowest BCUT2D eigenvalue weighted by atomic mass is 10.0. The molecule has 0 saturated carbocycles. The first-order chi connectivity index (χ1) is 7.80. The Bertz CT molecular complexity index is 281. The Morgan fingerprint density at radius 3 is 2.38 bits per heavy atom. The van der Waals surface area contributed by atoms with Gasteiger partial charge in [-0.2, -0.15) is 0 Å². The minimum atomic E-state index is 0.645. The van der Waals surface area contributed by atoms with Crippen LogP contribution in [0.5, 0.6) is 5.75 Å². The predicted octanol–water partition coefficient (Wildman–Crippen LogP) is 3.02. The van der Waals surface area contributed by atoms with Crippen molar-refractivity contribution in [3.63, 3.8) is 0 Å². The quantitative estimate of drug-likeness (QED) is 0.764. The number of hydrogen-bond acceptors (Lipinski definition) is 2. The zero-order valence-electron chi connectivity index (χ0n) is 10.6. The highest BCUT2D eigenvalue weighted by atomic mass is 16.5.